The normalized spacial score (nSPS) is 13.5. The number of thioether (sulfide) groups is 1. The number of aromatic nitrogens is 3. The van der Waals surface area contributed by atoms with E-state index in [1.807, 2.05) is 60.3 Å². The third-order valence-corrected chi connectivity index (χ3v) is 7.80. The fourth-order valence-corrected chi connectivity index (χ4v) is 6.14. The molecule has 4 aromatic rings. The Morgan fingerprint density at radius 2 is 2.03 bits per heavy atom. The molecule has 5 rings (SSSR count). The summed E-state index contributed by atoms with van der Waals surface area (Å²) in [5.74, 6) is -0.162. The lowest BCUT2D eigenvalue weighted by molar-refractivity contribution is -0.118. The number of thiophene rings is 1. The van der Waals surface area contributed by atoms with Crippen LogP contribution < -0.4 is 11.0 Å². The van der Waals surface area contributed by atoms with Gasteiger partial charge in [0, 0.05) is 18.1 Å². The maximum absolute atomic E-state index is 13.7. The number of para-hydroxylation sites is 1. The number of amides is 1. The monoisotopic (exact) mass is 477 g/mol. The minimum Gasteiger partial charge on any atom is -0.350 e. The average molecular weight is 478 g/mol. The van der Waals surface area contributed by atoms with Gasteiger partial charge in [0.05, 0.1) is 28.7 Å². The SMILES string of the molecule is Cn1cccc1/C=N/NC(=O)CSc1nc2sc3c(c2c(=O)n1-c1ccccc1)CCCC3. The van der Waals surface area contributed by atoms with Crippen LogP contribution in [0.25, 0.3) is 15.9 Å². The van der Waals surface area contributed by atoms with Crippen LogP contribution in [0.2, 0.25) is 0 Å². The quantitative estimate of drug-likeness (QED) is 0.198. The predicted octanol–water partition coefficient (Wildman–Crippen LogP) is 3.91. The van der Waals surface area contributed by atoms with Crippen LogP contribution in [0.4, 0.5) is 0 Å². The number of hydrogen-bond donors (Lipinski definition) is 1. The summed E-state index contributed by atoms with van der Waals surface area (Å²) in [6, 6.07) is 13.3. The van der Waals surface area contributed by atoms with Crippen molar-refractivity contribution in [1.82, 2.24) is 19.5 Å². The van der Waals surface area contributed by atoms with E-state index >= 15 is 0 Å². The van der Waals surface area contributed by atoms with Gasteiger partial charge in [-0.15, -0.1) is 11.3 Å². The molecule has 3 heterocycles. The van der Waals surface area contributed by atoms with Gasteiger partial charge in [-0.2, -0.15) is 5.10 Å². The number of aryl methyl sites for hydroxylation is 3. The molecule has 0 spiro atoms. The number of nitrogens with zero attached hydrogens (tertiary/aromatic N) is 4. The van der Waals surface area contributed by atoms with Gasteiger partial charge < -0.3 is 4.57 Å². The van der Waals surface area contributed by atoms with Gasteiger partial charge in [0.2, 0.25) is 0 Å². The Labute approximate surface area is 199 Å². The Morgan fingerprint density at radius 3 is 2.82 bits per heavy atom. The van der Waals surface area contributed by atoms with E-state index in [9.17, 15) is 9.59 Å². The summed E-state index contributed by atoms with van der Waals surface area (Å²) in [4.78, 5) is 33.0. The third kappa shape index (κ3) is 4.38. The van der Waals surface area contributed by atoms with E-state index in [2.05, 4.69) is 10.5 Å². The fraction of sp³-hybridized carbons (Fsp3) is 0.250. The minimum absolute atomic E-state index is 0.0600. The molecule has 1 aliphatic carbocycles. The van der Waals surface area contributed by atoms with E-state index in [0.717, 1.165) is 52.8 Å². The van der Waals surface area contributed by atoms with Crippen molar-refractivity contribution < 1.29 is 4.79 Å². The Kier molecular flexibility index (Phi) is 6.15. The van der Waals surface area contributed by atoms with E-state index in [-0.39, 0.29) is 17.2 Å². The lowest BCUT2D eigenvalue weighted by atomic mass is 9.97. The molecule has 0 radical (unpaired) electrons. The molecule has 0 unspecified atom stereocenters. The van der Waals surface area contributed by atoms with E-state index in [1.54, 1.807) is 22.1 Å². The van der Waals surface area contributed by atoms with Crippen LogP contribution in [-0.2, 0) is 24.7 Å². The second-order valence-electron chi connectivity index (χ2n) is 7.89. The van der Waals surface area contributed by atoms with Crippen LogP contribution in [0.1, 0.15) is 29.0 Å². The van der Waals surface area contributed by atoms with Crippen LogP contribution in [0, 0.1) is 0 Å². The van der Waals surface area contributed by atoms with Crippen LogP contribution in [-0.4, -0.2) is 32.0 Å². The summed E-state index contributed by atoms with van der Waals surface area (Å²) in [5.41, 5.74) is 5.28. The Morgan fingerprint density at radius 1 is 1.21 bits per heavy atom. The molecule has 0 saturated heterocycles. The molecule has 1 aliphatic rings. The molecule has 9 heteroatoms. The van der Waals surface area contributed by atoms with Crippen molar-refractivity contribution in [1.29, 1.82) is 0 Å². The van der Waals surface area contributed by atoms with Gasteiger partial charge in [0.25, 0.3) is 11.5 Å². The second kappa shape index (κ2) is 9.36. The average Bonchev–Trinajstić information content (AvgIpc) is 3.41. The first kappa shape index (κ1) is 21.7. The summed E-state index contributed by atoms with van der Waals surface area (Å²) in [5, 5.41) is 5.28. The number of benzene rings is 1. The third-order valence-electron chi connectivity index (χ3n) is 5.67. The molecular weight excluding hydrogens is 454 g/mol. The molecule has 168 valence electrons. The molecule has 0 bridgehead atoms. The molecule has 0 atom stereocenters. The lowest BCUT2D eigenvalue weighted by Crippen LogP contribution is -2.24. The van der Waals surface area contributed by atoms with Crippen LogP contribution in [0.5, 0.6) is 0 Å². The molecule has 1 aromatic carbocycles. The molecule has 3 aromatic heterocycles. The van der Waals surface area contributed by atoms with Gasteiger partial charge in [-0.3, -0.25) is 14.2 Å². The van der Waals surface area contributed by atoms with Crippen LogP contribution in [0.3, 0.4) is 0 Å². The second-order valence-corrected chi connectivity index (χ2v) is 9.91. The first-order valence-electron chi connectivity index (χ1n) is 10.8. The molecule has 0 aliphatic heterocycles. The molecule has 7 nitrogen and oxygen atoms in total. The zero-order valence-corrected chi connectivity index (χ0v) is 19.8. The number of carbonyl (C=O) groups excluding carboxylic acids is 1. The Bertz CT molecular complexity index is 1400. The zero-order valence-electron chi connectivity index (χ0n) is 18.2. The minimum atomic E-state index is -0.259. The van der Waals surface area contributed by atoms with Crippen molar-refractivity contribution in [3.05, 3.63) is 75.1 Å². The van der Waals surface area contributed by atoms with E-state index in [4.69, 9.17) is 4.98 Å². The first-order valence-corrected chi connectivity index (χ1v) is 12.6. The smallest absolute Gasteiger partial charge is 0.267 e. The summed E-state index contributed by atoms with van der Waals surface area (Å²) in [6.45, 7) is 0. The number of hydrogen-bond acceptors (Lipinski definition) is 6. The fourth-order valence-electron chi connectivity index (χ4n) is 4.03. The zero-order chi connectivity index (χ0) is 22.8. The molecule has 0 fully saturated rings. The lowest BCUT2D eigenvalue weighted by Gasteiger charge is -2.13. The van der Waals surface area contributed by atoms with Crippen molar-refractivity contribution in [2.24, 2.45) is 12.1 Å². The highest BCUT2D eigenvalue weighted by Gasteiger charge is 2.23. The number of nitrogens with one attached hydrogen (secondary N) is 1. The van der Waals surface area contributed by atoms with Gasteiger partial charge in [-0.25, -0.2) is 10.4 Å². The largest absolute Gasteiger partial charge is 0.350 e. The predicted molar refractivity (Wildman–Crippen MR) is 134 cm³/mol. The van der Waals surface area contributed by atoms with Crippen molar-refractivity contribution in [2.75, 3.05) is 5.75 Å². The molecular formula is C24H23N5O2S2. The molecule has 1 N–H and O–H groups in total. The van der Waals surface area contributed by atoms with Gasteiger partial charge in [0.15, 0.2) is 5.16 Å². The van der Waals surface area contributed by atoms with Gasteiger partial charge in [-0.05, 0) is 55.5 Å². The van der Waals surface area contributed by atoms with Crippen LogP contribution in [0.15, 0.2) is 63.7 Å². The molecule has 33 heavy (non-hydrogen) atoms. The standard InChI is InChI=1S/C24H23N5O2S2/c1-28-13-7-10-17(28)14-25-27-20(30)15-32-24-26-22-21(18-11-5-6-12-19(18)33-22)23(31)29(24)16-8-3-2-4-9-16/h2-4,7-10,13-14H,5-6,11-12,15H2,1H3,(H,27,30)/b25-14+. The highest BCUT2D eigenvalue weighted by molar-refractivity contribution is 7.99. The number of fused-ring (bicyclic) bond motifs is 3. The Hall–Kier alpha value is -3.17. The van der Waals surface area contributed by atoms with Crippen molar-refractivity contribution in [2.45, 2.75) is 30.8 Å². The maximum Gasteiger partial charge on any atom is 0.267 e. The summed E-state index contributed by atoms with van der Waals surface area (Å²) in [6.07, 6.45) is 7.69. The van der Waals surface area contributed by atoms with Crippen molar-refractivity contribution in [3.63, 3.8) is 0 Å². The van der Waals surface area contributed by atoms with Gasteiger partial charge in [-0.1, -0.05) is 30.0 Å². The van der Waals surface area contributed by atoms with E-state index in [0.29, 0.717) is 5.16 Å². The summed E-state index contributed by atoms with van der Waals surface area (Å²) in [7, 11) is 1.91. The van der Waals surface area contributed by atoms with Crippen molar-refractivity contribution in [3.8, 4) is 5.69 Å². The van der Waals surface area contributed by atoms with E-state index < -0.39 is 0 Å². The number of rotatable bonds is 6. The van der Waals surface area contributed by atoms with Gasteiger partial charge >= 0.3 is 0 Å². The topological polar surface area (TPSA) is 81.3 Å². The number of carbonyl (C=O) groups is 1. The maximum atomic E-state index is 13.7. The Balaban J connectivity index is 1.44. The summed E-state index contributed by atoms with van der Waals surface area (Å²) < 4.78 is 3.54. The molecule has 0 saturated carbocycles. The van der Waals surface area contributed by atoms with E-state index in [1.165, 1.54) is 16.6 Å². The van der Waals surface area contributed by atoms with Gasteiger partial charge in [0.1, 0.15) is 4.83 Å². The van der Waals surface area contributed by atoms with Crippen LogP contribution >= 0.6 is 23.1 Å². The first-order chi connectivity index (χ1) is 16.1. The summed E-state index contributed by atoms with van der Waals surface area (Å²) >= 11 is 2.86. The highest BCUT2D eigenvalue weighted by Crippen LogP contribution is 2.35. The van der Waals surface area contributed by atoms with Crippen molar-refractivity contribution >= 4 is 45.4 Å². The highest BCUT2D eigenvalue weighted by atomic mass is 32.2. The number of hydrazone groups is 1. The molecule has 1 amide bonds.